The summed E-state index contributed by atoms with van der Waals surface area (Å²) in [6.45, 7) is 2.59. The van der Waals surface area contributed by atoms with Gasteiger partial charge in [-0.25, -0.2) is 4.98 Å². The van der Waals surface area contributed by atoms with E-state index in [-0.39, 0.29) is 0 Å². The van der Waals surface area contributed by atoms with Crippen LogP contribution in [0.5, 0.6) is 5.88 Å². The Bertz CT molecular complexity index is 329. The molecule has 0 aromatic carbocycles. The molecule has 2 rings (SSSR count). The van der Waals surface area contributed by atoms with E-state index in [1.54, 1.807) is 12.3 Å². The summed E-state index contributed by atoms with van der Waals surface area (Å²) in [6.07, 6.45) is 4.21. The summed E-state index contributed by atoms with van der Waals surface area (Å²) in [5, 5.41) is 3.36. The molecule has 1 aliphatic rings. The Morgan fingerprint density at radius 1 is 1.62 bits per heavy atom. The van der Waals surface area contributed by atoms with Crippen LogP contribution in [0.4, 0.5) is 5.95 Å². The SMILES string of the molecule is CCOc1ccnc(NC2CCCSC2)n1. The maximum atomic E-state index is 5.34. The number of anilines is 1. The first-order valence-electron chi connectivity index (χ1n) is 5.68. The zero-order valence-corrected chi connectivity index (χ0v) is 10.3. The van der Waals surface area contributed by atoms with Crippen molar-refractivity contribution in [3.63, 3.8) is 0 Å². The average Bonchev–Trinajstić information content (AvgIpc) is 2.31. The second kappa shape index (κ2) is 5.94. The van der Waals surface area contributed by atoms with Gasteiger partial charge in [0.25, 0.3) is 0 Å². The van der Waals surface area contributed by atoms with Gasteiger partial charge in [-0.3, -0.25) is 0 Å². The Morgan fingerprint density at radius 2 is 2.56 bits per heavy atom. The van der Waals surface area contributed by atoms with E-state index >= 15 is 0 Å². The van der Waals surface area contributed by atoms with Crippen LogP contribution in [-0.2, 0) is 0 Å². The number of thioether (sulfide) groups is 1. The molecule has 0 amide bonds. The van der Waals surface area contributed by atoms with Gasteiger partial charge in [0, 0.05) is 24.1 Å². The molecule has 16 heavy (non-hydrogen) atoms. The van der Waals surface area contributed by atoms with E-state index in [1.807, 2.05) is 18.7 Å². The van der Waals surface area contributed by atoms with Crippen molar-refractivity contribution in [1.82, 2.24) is 9.97 Å². The third-order valence-electron chi connectivity index (χ3n) is 2.42. The Balaban J connectivity index is 1.94. The lowest BCUT2D eigenvalue weighted by molar-refractivity contribution is 0.326. The Labute approximate surface area is 100 Å². The molecule has 0 saturated carbocycles. The van der Waals surface area contributed by atoms with E-state index in [0.717, 1.165) is 5.75 Å². The van der Waals surface area contributed by atoms with Gasteiger partial charge in [-0.05, 0) is 25.5 Å². The van der Waals surface area contributed by atoms with E-state index in [4.69, 9.17) is 4.74 Å². The summed E-state index contributed by atoms with van der Waals surface area (Å²) < 4.78 is 5.34. The lowest BCUT2D eigenvalue weighted by Gasteiger charge is -2.22. The largest absolute Gasteiger partial charge is 0.478 e. The standard InChI is InChI=1S/C11H17N3OS/c1-2-15-10-5-6-12-11(14-10)13-9-4-3-7-16-8-9/h5-6,9H,2-4,7-8H2,1H3,(H,12,13,14). The van der Waals surface area contributed by atoms with Crippen LogP contribution < -0.4 is 10.1 Å². The summed E-state index contributed by atoms with van der Waals surface area (Å²) >= 11 is 1.99. The lowest BCUT2D eigenvalue weighted by atomic mass is 10.2. The molecule has 1 aromatic rings. The molecule has 1 aromatic heterocycles. The van der Waals surface area contributed by atoms with Crippen molar-refractivity contribution >= 4 is 17.7 Å². The van der Waals surface area contributed by atoms with Gasteiger partial charge in [0.2, 0.25) is 11.8 Å². The van der Waals surface area contributed by atoms with E-state index in [2.05, 4.69) is 15.3 Å². The molecule has 1 aliphatic heterocycles. The molecule has 0 radical (unpaired) electrons. The van der Waals surface area contributed by atoms with Gasteiger partial charge in [0.1, 0.15) is 0 Å². The number of ether oxygens (including phenoxy) is 1. The predicted octanol–water partition coefficient (Wildman–Crippen LogP) is 2.18. The minimum absolute atomic E-state index is 0.496. The first-order valence-corrected chi connectivity index (χ1v) is 6.84. The van der Waals surface area contributed by atoms with Crippen molar-refractivity contribution in [1.29, 1.82) is 0 Å². The van der Waals surface area contributed by atoms with Crippen LogP contribution in [0.1, 0.15) is 19.8 Å². The molecule has 1 unspecified atom stereocenters. The Morgan fingerprint density at radius 3 is 3.31 bits per heavy atom. The molecular formula is C11H17N3OS. The third-order valence-corrected chi connectivity index (χ3v) is 3.63. The van der Waals surface area contributed by atoms with E-state index in [9.17, 15) is 0 Å². The molecule has 2 heterocycles. The Hall–Kier alpha value is -0.970. The van der Waals surface area contributed by atoms with E-state index in [1.165, 1.54) is 18.6 Å². The summed E-state index contributed by atoms with van der Waals surface area (Å²) in [5.41, 5.74) is 0. The van der Waals surface area contributed by atoms with Crippen LogP contribution in [0, 0.1) is 0 Å². The highest BCUT2D eigenvalue weighted by molar-refractivity contribution is 7.99. The highest BCUT2D eigenvalue weighted by Crippen LogP contribution is 2.19. The van der Waals surface area contributed by atoms with E-state index < -0.39 is 0 Å². The fourth-order valence-electron chi connectivity index (χ4n) is 1.68. The van der Waals surface area contributed by atoms with Crippen molar-refractivity contribution < 1.29 is 4.74 Å². The van der Waals surface area contributed by atoms with Crippen molar-refractivity contribution in [2.75, 3.05) is 23.4 Å². The van der Waals surface area contributed by atoms with Crippen LogP contribution in [0.3, 0.4) is 0 Å². The van der Waals surface area contributed by atoms with Crippen LogP contribution in [0.15, 0.2) is 12.3 Å². The predicted molar refractivity (Wildman–Crippen MR) is 67.2 cm³/mol. The zero-order valence-electron chi connectivity index (χ0n) is 9.48. The number of hydrogen-bond donors (Lipinski definition) is 1. The highest BCUT2D eigenvalue weighted by atomic mass is 32.2. The van der Waals surface area contributed by atoms with Crippen molar-refractivity contribution in [3.8, 4) is 5.88 Å². The topological polar surface area (TPSA) is 47.0 Å². The molecule has 1 fully saturated rings. The third kappa shape index (κ3) is 3.27. The number of hydrogen-bond acceptors (Lipinski definition) is 5. The average molecular weight is 239 g/mol. The van der Waals surface area contributed by atoms with Gasteiger partial charge in [-0.1, -0.05) is 0 Å². The van der Waals surface area contributed by atoms with Gasteiger partial charge in [-0.15, -0.1) is 0 Å². The number of nitrogens with zero attached hydrogens (tertiary/aromatic N) is 2. The van der Waals surface area contributed by atoms with Crippen molar-refractivity contribution in [2.24, 2.45) is 0 Å². The normalized spacial score (nSPS) is 20.4. The number of aromatic nitrogens is 2. The van der Waals surface area contributed by atoms with Gasteiger partial charge in [0.15, 0.2) is 0 Å². The molecule has 1 N–H and O–H groups in total. The minimum atomic E-state index is 0.496. The maximum absolute atomic E-state index is 5.34. The minimum Gasteiger partial charge on any atom is -0.478 e. The van der Waals surface area contributed by atoms with Gasteiger partial charge in [-0.2, -0.15) is 16.7 Å². The smallest absolute Gasteiger partial charge is 0.226 e. The van der Waals surface area contributed by atoms with Crippen molar-refractivity contribution in [2.45, 2.75) is 25.8 Å². The first-order chi connectivity index (χ1) is 7.88. The summed E-state index contributed by atoms with van der Waals surface area (Å²) in [7, 11) is 0. The molecule has 0 spiro atoms. The number of nitrogens with one attached hydrogen (secondary N) is 1. The molecule has 4 nitrogen and oxygen atoms in total. The fourth-order valence-corrected chi connectivity index (χ4v) is 2.75. The molecule has 5 heteroatoms. The van der Waals surface area contributed by atoms with Crippen LogP contribution >= 0.6 is 11.8 Å². The lowest BCUT2D eigenvalue weighted by Crippen LogP contribution is -2.26. The molecule has 0 bridgehead atoms. The summed E-state index contributed by atoms with van der Waals surface area (Å²) in [4.78, 5) is 8.51. The van der Waals surface area contributed by atoms with Gasteiger partial charge in [0.05, 0.1) is 6.61 Å². The van der Waals surface area contributed by atoms with Gasteiger partial charge >= 0.3 is 0 Å². The van der Waals surface area contributed by atoms with E-state index in [0.29, 0.717) is 24.5 Å². The first kappa shape index (κ1) is 11.5. The number of rotatable bonds is 4. The quantitative estimate of drug-likeness (QED) is 0.872. The second-order valence-electron chi connectivity index (χ2n) is 3.71. The fraction of sp³-hybridized carbons (Fsp3) is 0.636. The zero-order chi connectivity index (χ0) is 11.2. The summed E-state index contributed by atoms with van der Waals surface area (Å²) in [6, 6.07) is 2.28. The Kier molecular flexibility index (Phi) is 4.27. The summed E-state index contributed by atoms with van der Waals surface area (Å²) in [5.74, 6) is 3.74. The van der Waals surface area contributed by atoms with Crippen LogP contribution in [0.25, 0.3) is 0 Å². The van der Waals surface area contributed by atoms with Crippen molar-refractivity contribution in [3.05, 3.63) is 12.3 Å². The van der Waals surface area contributed by atoms with Gasteiger partial charge < -0.3 is 10.1 Å². The molecule has 88 valence electrons. The molecular weight excluding hydrogens is 222 g/mol. The monoisotopic (exact) mass is 239 g/mol. The molecule has 0 aliphatic carbocycles. The second-order valence-corrected chi connectivity index (χ2v) is 4.86. The van der Waals surface area contributed by atoms with Crippen LogP contribution in [0.2, 0.25) is 0 Å². The highest BCUT2D eigenvalue weighted by Gasteiger charge is 2.14. The van der Waals surface area contributed by atoms with Crippen LogP contribution in [-0.4, -0.2) is 34.1 Å². The maximum Gasteiger partial charge on any atom is 0.226 e. The molecule has 1 atom stereocenters. The molecule has 1 saturated heterocycles.